The molecule has 0 aliphatic heterocycles. The molecule has 1 aliphatic rings. The summed E-state index contributed by atoms with van der Waals surface area (Å²) in [7, 11) is 0. The Labute approximate surface area is 126 Å². The van der Waals surface area contributed by atoms with Crippen LogP contribution >= 0.6 is 0 Å². The van der Waals surface area contributed by atoms with Crippen LogP contribution in [0, 0.1) is 11.3 Å². The molecule has 0 atom stereocenters. The largest absolute Gasteiger partial charge is 0.398 e. The minimum atomic E-state index is 0.683. The summed E-state index contributed by atoms with van der Waals surface area (Å²) in [6.07, 6.45) is 9.53. The molecule has 21 heavy (non-hydrogen) atoms. The monoisotopic (exact) mass is 281 g/mol. The van der Waals surface area contributed by atoms with Gasteiger partial charge in [0.05, 0.1) is 0 Å². The van der Waals surface area contributed by atoms with E-state index in [4.69, 9.17) is 11.1 Å². The molecule has 0 spiro atoms. The molecule has 0 heterocycles. The molecular weight excluding hydrogens is 258 g/mol. The first kappa shape index (κ1) is 15.1. The summed E-state index contributed by atoms with van der Waals surface area (Å²) in [5.74, 6) is 0.803. The van der Waals surface area contributed by atoms with Gasteiger partial charge in [-0.3, -0.25) is 0 Å². The Balaban J connectivity index is 2.30. The molecule has 2 rings (SSSR count). The van der Waals surface area contributed by atoms with E-state index in [1.807, 2.05) is 37.3 Å². The van der Waals surface area contributed by atoms with Gasteiger partial charge in [-0.05, 0) is 49.5 Å². The number of allylic oxidation sites excluding steroid dienone is 4. The van der Waals surface area contributed by atoms with Crippen molar-refractivity contribution >= 4 is 17.5 Å². The van der Waals surface area contributed by atoms with Crippen LogP contribution in [-0.4, -0.2) is 12.8 Å². The summed E-state index contributed by atoms with van der Waals surface area (Å²) in [6.45, 7) is 6.77. The van der Waals surface area contributed by atoms with Crippen LogP contribution in [0.15, 0.2) is 48.7 Å². The van der Waals surface area contributed by atoms with Gasteiger partial charge >= 0.3 is 0 Å². The zero-order valence-corrected chi connectivity index (χ0v) is 12.5. The van der Waals surface area contributed by atoms with Gasteiger partial charge < -0.3 is 16.5 Å². The molecule has 0 amide bonds. The third kappa shape index (κ3) is 3.85. The van der Waals surface area contributed by atoms with E-state index in [1.54, 1.807) is 6.08 Å². The summed E-state index contributed by atoms with van der Waals surface area (Å²) >= 11 is 0. The molecule has 0 bridgehead atoms. The standard InChI is InChI=1S/C18H23N3/c1-3-5-17(20)16(4-2)14-8-9-18(15(10-14)11-19)21-12-13-6-7-13/h3-5,8-11,13,19,21H,2,6-7,12,20H2,1H3/b5-3-,17-16-,19-11?. The Bertz CT molecular complexity index is 592. The second-order valence-electron chi connectivity index (χ2n) is 5.34. The maximum atomic E-state index is 7.62. The lowest BCUT2D eigenvalue weighted by molar-refractivity contribution is 0.889. The molecule has 1 aromatic rings. The first-order chi connectivity index (χ1) is 10.2. The fourth-order valence-electron chi connectivity index (χ4n) is 2.26. The molecule has 3 nitrogen and oxygen atoms in total. The van der Waals surface area contributed by atoms with Crippen molar-refractivity contribution in [3.05, 3.63) is 59.8 Å². The molecule has 0 aromatic heterocycles. The van der Waals surface area contributed by atoms with Crippen LogP contribution in [0.4, 0.5) is 5.69 Å². The first-order valence-electron chi connectivity index (χ1n) is 7.33. The minimum Gasteiger partial charge on any atom is -0.398 e. The molecule has 1 fully saturated rings. The lowest BCUT2D eigenvalue weighted by atomic mass is 10.00. The summed E-state index contributed by atoms with van der Waals surface area (Å²) < 4.78 is 0. The van der Waals surface area contributed by atoms with Crippen LogP contribution in [0.3, 0.4) is 0 Å². The van der Waals surface area contributed by atoms with Gasteiger partial charge in [-0.1, -0.05) is 24.8 Å². The Hall–Kier alpha value is -2.29. The summed E-state index contributed by atoms with van der Waals surface area (Å²) in [6, 6.07) is 6.02. The van der Waals surface area contributed by atoms with Crippen molar-refractivity contribution in [2.45, 2.75) is 19.8 Å². The van der Waals surface area contributed by atoms with Crippen molar-refractivity contribution in [3.63, 3.8) is 0 Å². The van der Waals surface area contributed by atoms with Crippen LogP contribution in [-0.2, 0) is 0 Å². The van der Waals surface area contributed by atoms with E-state index in [9.17, 15) is 0 Å². The summed E-state index contributed by atoms with van der Waals surface area (Å²) in [5, 5.41) is 11.0. The van der Waals surface area contributed by atoms with Gasteiger partial charge in [0.15, 0.2) is 0 Å². The predicted molar refractivity (Wildman–Crippen MR) is 91.7 cm³/mol. The molecule has 0 radical (unpaired) electrons. The minimum absolute atomic E-state index is 0.683. The van der Waals surface area contributed by atoms with Gasteiger partial charge in [0.25, 0.3) is 0 Å². The van der Waals surface area contributed by atoms with Gasteiger partial charge in [0.2, 0.25) is 0 Å². The van der Waals surface area contributed by atoms with E-state index in [-0.39, 0.29) is 0 Å². The van der Waals surface area contributed by atoms with E-state index in [2.05, 4.69) is 11.9 Å². The van der Waals surface area contributed by atoms with Crippen LogP contribution in [0.5, 0.6) is 0 Å². The number of nitrogens with two attached hydrogens (primary N) is 1. The average Bonchev–Trinajstić information content (AvgIpc) is 3.31. The highest BCUT2D eigenvalue weighted by molar-refractivity contribution is 5.89. The Morgan fingerprint density at radius 2 is 2.24 bits per heavy atom. The van der Waals surface area contributed by atoms with E-state index < -0.39 is 0 Å². The fraction of sp³-hybridized carbons (Fsp3) is 0.278. The number of hydrogen-bond acceptors (Lipinski definition) is 3. The van der Waals surface area contributed by atoms with Gasteiger partial charge in [-0.25, -0.2) is 0 Å². The van der Waals surface area contributed by atoms with Crippen molar-refractivity contribution in [2.24, 2.45) is 11.7 Å². The lowest BCUT2D eigenvalue weighted by Crippen LogP contribution is -2.06. The van der Waals surface area contributed by atoms with Gasteiger partial charge in [0, 0.05) is 35.3 Å². The normalized spacial score (nSPS) is 15.7. The topological polar surface area (TPSA) is 61.9 Å². The highest BCUT2D eigenvalue weighted by atomic mass is 14.9. The third-order valence-electron chi connectivity index (χ3n) is 3.66. The highest BCUT2D eigenvalue weighted by Crippen LogP contribution is 2.30. The van der Waals surface area contributed by atoms with Crippen LogP contribution in [0.2, 0.25) is 0 Å². The van der Waals surface area contributed by atoms with E-state index in [0.29, 0.717) is 5.70 Å². The van der Waals surface area contributed by atoms with Gasteiger partial charge in [-0.15, -0.1) is 0 Å². The molecule has 3 heteroatoms. The first-order valence-corrected chi connectivity index (χ1v) is 7.33. The number of hydrogen-bond donors (Lipinski definition) is 3. The fourth-order valence-corrected chi connectivity index (χ4v) is 2.26. The maximum absolute atomic E-state index is 7.62. The van der Waals surface area contributed by atoms with Crippen molar-refractivity contribution in [1.29, 1.82) is 5.41 Å². The van der Waals surface area contributed by atoms with E-state index >= 15 is 0 Å². The Morgan fingerprint density at radius 1 is 1.48 bits per heavy atom. The zero-order valence-electron chi connectivity index (χ0n) is 12.5. The van der Waals surface area contributed by atoms with E-state index in [0.717, 1.165) is 34.9 Å². The number of nitrogens with one attached hydrogen (secondary N) is 2. The lowest BCUT2D eigenvalue weighted by Gasteiger charge is -2.12. The summed E-state index contributed by atoms with van der Waals surface area (Å²) in [5.41, 5.74) is 10.5. The SMILES string of the molecule is C=C/C(=C(N)\C=C/C)c1ccc(NCC2CC2)c(C=N)c1. The number of rotatable bonds is 7. The molecule has 1 aromatic carbocycles. The van der Waals surface area contributed by atoms with Crippen molar-refractivity contribution in [1.82, 2.24) is 0 Å². The predicted octanol–water partition coefficient (Wildman–Crippen LogP) is 3.94. The molecule has 1 aliphatic carbocycles. The maximum Gasteiger partial charge on any atom is 0.0429 e. The number of benzene rings is 1. The van der Waals surface area contributed by atoms with Gasteiger partial charge in [0.1, 0.15) is 0 Å². The van der Waals surface area contributed by atoms with Crippen LogP contribution in [0.1, 0.15) is 30.9 Å². The molecule has 0 saturated heterocycles. The molecule has 0 unspecified atom stereocenters. The van der Waals surface area contributed by atoms with E-state index in [1.165, 1.54) is 19.1 Å². The molecule has 4 N–H and O–H groups in total. The second kappa shape index (κ2) is 6.93. The van der Waals surface area contributed by atoms with Crippen LogP contribution < -0.4 is 11.1 Å². The zero-order chi connectivity index (χ0) is 15.2. The summed E-state index contributed by atoms with van der Waals surface area (Å²) in [4.78, 5) is 0. The smallest absolute Gasteiger partial charge is 0.0429 e. The Kier molecular flexibility index (Phi) is 4.99. The van der Waals surface area contributed by atoms with Crippen LogP contribution in [0.25, 0.3) is 5.57 Å². The third-order valence-corrected chi connectivity index (χ3v) is 3.66. The average molecular weight is 281 g/mol. The van der Waals surface area contributed by atoms with Crippen molar-refractivity contribution < 1.29 is 0 Å². The van der Waals surface area contributed by atoms with Gasteiger partial charge in [-0.2, -0.15) is 0 Å². The molecule has 1 saturated carbocycles. The second-order valence-corrected chi connectivity index (χ2v) is 5.34. The molecular formula is C18H23N3. The number of anilines is 1. The molecule has 110 valence electrons. The Morgan fingerprint density at radius 3 is 2.81 bits per heavy atom. The quantitative estimate of drug-likeness (QED) is 0.523. The highest BCUT2D eigenvalue weighted by Gasteiger charge is 2.20. The van der Waals surface area contributed by atoms with Crippen molar-refractivity contribution in [2.75, 3.05) is 11.9 Å². The van der Waals surface area contributed by atoms with Crippen molar-refractivity contribution in [3.8, 4) is 0 Å².